The van der Waals surface area contributed by atoms with E-state index in [0.717, 1.165) is 68.5 Å². The van der Waals surface area contributed by atoms with Gasteiger partial charge in [-0.25, -0.2) is 4.98 Å². The summed E-state index contributed by atoms with van der Waals surface area (Å²) in [6.45, 7) is 4.15. The Labute approximate surface area is 153 Å². The van der Waals surface area contributed by atoms with E-state index in [1.165, 1.54) is 0 Å². The number of ether oxygens (including phenoxy) is 1. The summed E-state index contributed by atoms with van der Waals surface area (Å²) in [7, 11) is 0. The predicted octanol–water partition coefficient (Wildman–Crippen LogP) is 3.19. The lowest BCUT2D eigenvalue weighted by molar-refractivity contribution is 0.0648. The lowest BCUT2D eigenvalue weighted by Crippen LogP contribution is -2.40. The number of aryl methyl sites for hydroxylation is 2. The molecule has 6 heteroatoms. The maximum Gasteiger partial charge on any atom is 0.276 e. The second-order valence-electron chi connectivity index (χ2n) is 7.31. The van der Waals surface area contributed by atoms with Gasteiger partial charge in [0.15, 0.2) is 5.69 Å². The summed E-state index contributed by atoms with van der Waals surface area (Å²) in [6, 6.07) is 3.91. The summed E-state index contributed by atoms with van der Waals surface area (Å²) in [5.74, 6) is 2.09. The van der Waals surface area contributed by atoms with Crippen LogP contribution in [0, 0.1) is 12.8 Å². The number of pyridine rings is 1. The first-order valence-corrected chi connectivity index (χ1v) is 9.53. The third-order valence-electron chi connectivity index (χ3n) is 5.47. The number of piperidine rings is 1. The molecule has 0 spiro atoms. The zero-order valence-electron chi connectivity index (χ0n) is 15.2. The number of hydrogen-bond donors (Lipinski definition) is 0. The van der Waals surface area contributed by atoms with Crippen LogP contribution < -0.4 is 4.74 Å². The fourth-order valence-corrected chi connectivity index (χ4v) is 3.82. The van der Waals surface area contributed by atoms with E-state index in [9.17, 15) is 4.79 Å². The van der Waals surface area contributed by atoms with E-state index in [2.05, 4.69) is 10.1 Å². The Morgan fingerprint density at radius 2 is 2.12 bits per heavy atom. The molecule has 0 saturated carbocycles. The van der Waals surface area contributed by atoms with Gasteiger partial charge in [-0.05, 0) is 51.0 Å². The van der Waals surface area contributed by atoms with Gasteiger partial charge in [-0.1, -0.05) is 11.2 Å². The molecule has 1 aliphatic carbocycles. The molecule has 1 saturated heterocycles. The number of amides is 1. The normalized spacial score (nSPS) is 17.8. The van der Waals surface area contributed by atoms with Gasteiger partial charge in [0.1, 0.15) is 5.76 Å². The fourth-order valence-electron chi connectivity index (χ4n) is 3.82. The molecule has 1 amide bonds. The number of aromatic nitrogens is 2. The van der Waals surface area contributed by atoms with E-state index in [1.807, 2.05) is 24.0 Å². The van der Waals surface area contributed by atoms with Crippen LogP contribution in [0.25, 0.3) is 0 Å². The minimum atomic E-state index is 0.0249. The van der Waals surface area contributed by atoms with Crippen LogP contribution in [0.15, 0.2) is 22.9 Å². The molecule has 6 nitrogen and oxygen atoms in total. The zero-order chi connectivity index (χ0) is 17.9. The second-order valence-corrected chi connectivity index (χ2v) is 7.31. The van der Waals surface area contributed by atoms with Crippen LogP contribution in [0.4, 0.5) is 0 Å². The number of likely N-dealkylation sites (tertiary alicyclic amines) is 1. The maximum atomic E-state index is 12.8. The van der Waals surface area contributed by atoms with Gasteiger partial charge in [0.2, 0.25) is 5.88 Å². The standard InChI is InChI=1S/C20H25N3O3/c1-14-5-4-10-21-19(14)25-13-15-8-11-23(12-9-15)20(24)18-16-6-2-3-7-17(16)26-22-18/h4-5,10,15H,2-3,6-9,11-13H2,1H3. The molecule has 4 rings (SSSR count). The van der Waals surface area contributed by atoms with Gasteiger partial charge in [0, 0.05) is 36.8 Å². The summed E-state index contributed by atoms with van der Waals surface area (Å²) in [6.07, 6.45) is 7.69. The number of rotatable bonds is 4. The van der Waals surface area contributed by atoms with Crippen molar-refractivity contribution >= 4 is 5.91 Å². The third-order valence-corrected chi connectivity index (χ3v) is 5.47. The number of carbonyl (C=O) groups is 1. The molecule has 26 heavy (non-hydrogen) atoms. The van der Waals surface area contributed by atoms with Crippen LogP contribution in [-0.4, -0.2) is 40.6 Å². The van der Waals surface area contributed by atoms with Crippen LogP contribution in [0.5, 0.6) is 5.88 Å². The van der Waals surface area contributed by atoms with Gasteiger partial charge < -0.3 is 14.2 Å². The monoisotopic (exact) mass is 355 g/mol. The van der Waals surface area contributed by atoms with Crippen LogP contribution in [0.1, 0.15) is 53.1 Å². The summed E-state index contributed by atoms with van der Waals surface area (Å²) in [5.41, 5.74) is 2.63. The van der Waals surface area contributed by atoms with E-state index < -0.39 is 0 Å². The van der Waals surface area contributed by atoms with Crippen molar-refractivity contribution in [1.82, 2.24) is 15.0 Å². The van der Waals surface area contributed by atoms with Crippen molar-refractivity contribution < 1.29 is 14.1 Å². The molecule has 2 aliphatic rings. The van der Waals surface area contributed by atoms with E-state index in [0.29, 0.717) is 24.1 Å². The molecule has 1 fully saturated rings. The van der Waals surface area contributed by atoms with Crippen molar-refractivity contribution in [2.45, 2.75) is 45.4 Å². The van der Waals surface area contributed by atoms with Gasteiger partial charge in [0.05, 0.1) is 6.61 Å². The number of carbonyl (C=O) groups excluding carboxylic acids is 1. The highest BCUT2D eigenvalue weighted by atomic mass is 16.5. The number of hydrogen-bond acceptors (Lipinski definition) is 5. The topological polar surface area (TPSA) is 68.5 Å². The lowest BCUT2D eigenvalue weighted by Gasteiger charge is -2.31. The summed E-state index contributed by atoms with van der Waals surface area (Å²) in [5, 5.41) is 4.08. The summed E-state index contributed by atoms with van der Waals surface area (Å²) in [4.78, 5) is 19.0. The molecular weight excluding hydrogens is 330 g/mol. The van der Waals surface area contributed by atoms with E-state index in [-0.39, 0.29) is 5.91 Å². The first kappa shape index (κ1) is 17.1. The molecule has 2 aromatic heterocycles. The van der Waals surface area contributed by atoms with Crippen molar-refractivity contribution in [2.24, 2.45) is 5.92 Å². The van der Waals surface area contributed by atoms with E-state index >= 15 is 0 Å². The highest BCUT2D eigenvalue weighted by molar-refractivity contribution is 5.94. The van der Waals surface area contributed by atoms with Crippen molar-refractivity contribution in [3.05, 3.63) is 40.9 Å². The molecule has 0 bridgehead atoms. The molecular formula is C20H25N3O3. The summed E-state index contributed by atoms with van der Waals surface area (Å²) < 4.78 is 11.3. The van der Waals surface area contributed by atoms with Crippen LogP contribution in [-0.2, 0) is 12.8 Å². The Hall–Kier alpha value is -2.37. The minimum absolute atomic E-state index is 0.0249. The Morgan fingerprint density at radius 1 is 1.31 bits per heavy atom. The molecule has 3 heterocycles. The average molecular weight is 355 g/mol. The van der Waals surface area contributed by atoms with Crippen molar-refractivity contribution in [1.29, 1.82) is 0 Å². The van der Waals surface area contributed by atoms with Crippen molar-refractivity contribution in [2.75, 3.05) is 19.7 Å². The molecule has 0 unspecified atom stereocenters. The molecule has 0 N–H and O–H groups in total. The Balaban J connectivity index is 1.31. The van der Waals surface area contributed by atoms with Gasteiger partial charge in [0.25, 0.3) is 5.91 Å². The first-order chi connectivity index (χ1) is 12.7. The average Bonchev–Trinajstić information content (AvgIpc) is 3.11. The Kier molecular flexibility index (Phi) is 4.91. The molecule has 0 radical (unpaired) electrons. The van der Waals surface area contributed by atoms with Crippen LogP contribution in [0.2, 0.25) is 0 Å². The highest BCUT2D eigenvalue weighted by Gasteiger charge is 2.30. The highest BCUT2D eigenvalue weighted by Crippen LogP contribution is 2.27. The maximum absolute atomic E-state index is 12.8. The first-order valence-electron chi connectivity index (χ1n) is 9.53. The van der Waals surface area contributed by atoms with E-state index in [1.54, 1.807) is 6.20 Å². The predicted molar refractivity (Wildman–Crippen MR) is 96.2 cm³/mol. The molecule has 138 valence electrons. The zero-order valence-corrected chi connectivity index (χ0v) is 15.2. The lowest BCUT2D eigenvalue weighted by atomic mass is 9.94. The van der Waals surface area contributed by atoms with Gasteiger partial charge in [-0.15, -0.1) is 0 Å². The van der Waals surface area contributed by atoms with Crippen LogP contribution in [0.3, 0.4) is 0 Å². The minimum Gasteiger partial charge on any atom is -0.477 e. The van der Waals surface area contributed by atoms with Crippen molar-refractivity contribution in [3.63, 3.8) is 0 Å². The second kappa shape index (κ2) is 7.48. The third kappa shape index (κ3) is 3.45. The number of nitrogens with zero attached hydrogens (tertiary/aromatic N) is 3. The molecule has 0 aromatic carbocycles. The van der Waals surface area contributed by atoms with Gasteiger partial charge >= 0.3 is 0 Å². The molecule has 0 atom stereocenters. The molecule has 1 aliphatic heterocycles. The largest absolute Gasteiger partial charge is 0.477 e. The Bertz CT molecular complexity index is 778. The number of fused-ring (bicyclic) bond motifs is 1. The smallest absolute Gasteiger partial charge is 0.276 e. The van der Waals surface area contributed by atoms with Gasteiger partial charge in [-0.2, -0.15) is 0 Å². The van der Waals surface area contributed by atoms with E-state index in [4.69, 9.17) is 9.26 Å². The fraction of sp³-hybridized carbons (Fsp3) is 0.550. The van der Waals surface area contributed by atoms with Gasteiger partial charge in [-0.3, -0.25) is 4.79 Å². The van der Waals surface area contributed by atoms with Crippen LogP contribution >= 0.6 is 0 Å². The Morgan fingerprint density at radius 3 is 2.92 bits per heavy atom. The van der Waals surface area contributed by atoms with Crippen molar-refractivity contribution in [3.8, 4) is 5.88 Å². The SMILES string of the molecule is Cc1cccnc1OCC1CCN(C(=O)c2noc3c2CCCC3)CC1. The summed E-state index contributed by atoms with van der Waals surface area (Å²) >= 11 is 0. The quantitative estimate of drug-likeness (QED) is 0.842. The molecule has 2 aromatic rings.